The van der Waals surface area contributed by atoms with Crippen LogP contribution in [0.5, 0.6) is 0 Å². The van der Waals surface area contributed by atoms with Gasteiger partial charge in [0.25, 0.3) is 0 Å². The van der Waals surface area contributed by atoms with E-state index in [-0.39, 0.29) is 12.2 Å². The second-order valence-corrected chi connectivity index (χ2v) is 2.93. The predicted molar refractivity (Wildman–Crippen MR) is 39.4 cm³/mol. The number of hydrogen-bond acceptors (Lipinski definition) is 2. The molecule has 0 saturated carbocycles. The lowest BCUT2D eigenvalue weighted by Crippen LogP contribution is -2.39. The maximum absolute atomic E-state index is 12.5. The molecule has 1 N–H and O–H groups in total. The summed E-state index contributed by atoms with van der Waals surface area (Å²) in [4.78, 5) is 2.34. The molecule has 0 aromatic rings. The highest BCUT2D eigenvalue weighted by Gasteiger charge is 2.54. The largest absolute Gasteiger partial charge is 0.399 e. The van der Waals surface area contributed by atoms with Gasteiger partial charge >= 0.3 is 6.18 Å². The molecule has 0 spiro atoms. The lowest BCUT2D eigenvalue weighted by molar-refractivity contribution is -0.199. The molecule has 0 aromatic carbocycles. The van der Waals surface area contributed by atoms with Crippen LogP contribution >= 0.6 is 0 Å². The molecule has 1 aliphatic rings. The summed E-state index contributed by atoms with van der Waals surface area (Å²) in [5.74, 6) is 0. The van der Waals surface area contributed by atoms with Crippen LogP contribution < -0.4 is 5.32 Å². The van der Waals surface area contributed by atoms with Crippen molar-refractivity contribution in [2.45, 2.75) is 13.1 Å². The van der Waals surface area contributed by atoms with Crippen molar-refractivity contribution in [3.05, 3.63) is 22.3 Å². The van der Waals surface area contributed by atoms with Gasteiger partial charge in [0.2, 0.25) is 0 Å². The standard InChI is InChI=1S/C6H7F3N4/c1-5(6(7,8)9)3-11-2-4(5)12-13-10/h2,11H,3H2,1H3. The Balaban J connectivity index is 3.05. The molecule has 0 saturated heterocycles. The molecule has 1 aliphatic heterocycles. The van der Waals surface area contributed by atoms with Crippen LogP contribution in [0.25, 0.3) is 10.4 Å². The Morgan fingerprint density at radius 1 is 1.69 bits per heavy atom. The van der Waals surface area contributed by atoms with E-state index in [9.17, 15) is 13.2 Å². The summed E-state index contributed by atoms with van der Waals surface area (Å²) in [6, 6.07) is 0. The Kier molecular flexibility index (Phi) is 2.13. The van der Waals surface area contributed by atoms with Gasteiger partial charge in [-0.15, -0.1) is 0 Å². The van der Waals surface area contributed by atoms with Crippen molar-refractivity contribution >= 4 is 0 Å². The molecule has 72 valence electrons. The summed E-state index contributed by atoms with van der Waals surface area (Å²) in [7, 11) is 0. The molecule has 1 unspecified atom stereocenters. The van der Waals surface area contributed by atoms with Crippen molar-refractivity contribution in [2.24, 2.45) is 10.5 Å². The third-order valence-electron chi connectivity index (χ3n) is 2.04. The minimum absolute atomic E-state index is 0.287. The van der Waals surface area contributed by atoms with Crippen LogP contribution in [0, 0.1) is 5.41 Å². The van der Waals surface area contributed by atoms with E-state index in [0.717, 1.165) is 13.1 Å². The molecule has 0 amide bonds. The topological polar surface area (TPSA) is 60.8 Å². The molecule has 0 bridgehead atoms. The molecular formula is C6H7F3N4. The van der Waals surface area contributed by atoms with Crippen molar-refractivity contribution in [3.8, 4) is 0 Å². The fourth-order valence-corrected chi connectivity index (χ4v) is 1.03. The molecule has 4 nitrogen and oxygen atoms in total. The lowest BCUT2D eigenvalue weighted by atomic mass is 9.88. The van der Waals surface area contributed by atoms with E-state index in [4.69, 9.17) is 5.53 Å². The van der Waals surface area contributed by atoms with E-state index in [1.165, 1.54) is 0 Å². The van der Waals surface area contributed by atoms with Gasteiger partial charge in [-0.25, -0.2) is 0 Å². The van der Waals surface area contributed by atoms with Crippen LogP contribution in [0.15, 0.2) is 17.0 Å². The van der Waals surface area contributed by atoms with E-state index >= 15 is 0 Å². The zero-order valence-corrected chi connectivity index (χ0v) is 6.76. The molecule has 0 aromatic heterocycles. The molecule has 1 atom stereocenters. The number of halogens is 3. The number of nitrogens with zero attached hydrogens (tertiary/aromatic N) is 3. The lowest BCUT2D eigenvalue weighted by Gasteiger charge is -2.27. The summed E-state index contributed by atoms with van der Waals surface area (Å²) in [5, 5.41) is 5.41. The van der Waals surface area contributed by atoms with Crippen molar-refractivity contribution < 1.29 is 13.2 Å². The number of rotatable bonds is 1. The van der Waals surface area contributed by atoms with Gasteiger partial charge in [-0.05, 0) is 12.5 Å². The van der Waals surface area contributed by atoms with Crippen LogP contribution in [0.2, 0.25) is 0 Å². The van der Waals surface area contributed by atoms with Gasteiger partial charge in [0, 0.05) is 23.4 Å². The highest BCUT2D eigenvalue weighted by Crippen LogP contribution is 2.45. The molecule has 0 aliphatic carbocycles. The maximum Gasteiger partial charge on any atom is 0.399 e. The normalized spacial score (nSPS) is 27.5. The number of hydrogen-bond donors (Lipinski definition) is 1. The van der Waals surface area contributed by atoms with Crippen LogP contribution in [0.1, 0.15) is 6.92 Å². The summed E-state index contributed by atoms with van der Waals surface area (Å²) < 4.78 is 37.4. The van der Waals surface area contributed by atoms with Crippen molar-refractivity contribution in [1.82, 2.24) is 5.32 Å². The minimum atomic E-state index is -4.41. The average molecular weight is 192 g/mol. The van der Waals surface area contributed by atoms with E-state index in [1.807, 2.05) is 0 Å². The molecule has 1 rings (SSSR count). The van der Waals surface area contributed by atoms with Crippen LogP contribution in [-0.4, -0.2) is 12.7 Å². The van der Waals surface area contributed by atoms with Crippen molar-refractivity contribution in [1.29, 1.82) is 0 Å². The zero-order chi connectivity index (χ0) is 10.1. The smallest absolute Gasteiger partial charge is 0.390 e. The van der Waals surface area contributed by atoms with E-state index in [2.05, 4.69) is 15.3 Å². The SMILES string of the molecule is CC1(C(F)(F)F)CNC=C1N=[N+]=[N-]. The van der Waals surface area contributed by atoms with Crippen LogP contribution in [0.4, 0.5) is 13.2 Å². The Bertz CT molecular complexity index is 289. The fourth-order valence-electron chi connectivity index (χ4n) is 1.03. The Morgan fingerprint density at radius 3 is 2.77 bits per heavy atom. The Hall–Kier alpha value is -1.36. The van der Waals surface area contributed by atoms with Gasteiger partial charge in [-0.3, -0.25) is 0 Å². The van der Waals surface area contributed by atoms with Crippen LogP contribution in [-0.2, 0) is 0 Å². The molecular weight excluding hydrogens is 185 g/mol. The van der Waals surface area contributed by atoms with Crippen LogP contribution in [0.3, 0.4) is 0 Å². The maximum atomic E-state index is 12.5. The van der Waals surface area contributed by atoms with Crippen molar-refractivity contribution in [3.63, 3.8) is 0 Å². The molecule has 1 heterocycles. The third kappa shape index (κ3) is 1.42. The molecule has 0 fully saturated rings. The van der Waals surface area contributed by atoms with Gasteiger partial charge in [-0.1, -0.05) is 5.11 Å². The Morgan fingerprint density at radius 2 is 2.31 bits per heavy atom. The first-order valence-corrected chi connectivity index (χ1v) is 3.48. The summed E-state index contributed by atoms with van der Waals surface area (Å²) in [6.07, 6.45) is -3.32. The number of azide groups is 1. The molecule has 0 radical (unpaired) electrons. The second kappa shape index (κ2) is 2.85. The highest BCUT2D eigenvalue weighted by atomic mass is 19.4. The highest BCUT2D eigenvalue weighted by molar-refractivity contribution is 5.20. The average Bonchev–Trinajstić information content (AvgIpc) is 2.33. The second-order valence-electron chi connectivity index (χ2n) is 2.93. The zero-order valence-electron chi connectivity index (χ0n) is 6.76. The first-order valence-electron chi connectivity index (χ1n) is 3.48. The molecule has 13 heavy (non-hydrogen) atoms. The summed E-state index contributed by atoms with van der Waals surface area (Å²) >= 11 is 0. The van der Waals surface area contributed by atoms with E-state index in [1.54, 1.807) is 0 Å². The first-order chi connectivity index (χ1) is 5.92. The summed E-state index contributed by atoms with van der Waals surface area (Å²) in [5.41, 5.74) is 5.66. The first kappa shape index (κ1) is 9.73. The number of nitrogens with one attached hydrogen (secondary N) is 1. The number of alkyl halides is 3. The quantitative estimate of drug-likeness (QED) is 0.386. The van der Waals surface area contributed by atoms with Gasteiger partial charge in [-0.2, -0.15) is 13.2 Å². The van der Waals surface area contributed by atoms with Gasteiger partial charge < -0.3 is 5.32 Å². The Labute approximate surface area is 72.0 Å². The molecule has 7 heteroatoms. The minimum Gasteiger partial charge on any atom is -0.390 e. The van der Waals surface area contributed by atoms with Crippen molar-refractivity contribution in [2.75, 3.05) is 6.54 Å². The van der Waals surface area contributed by atoms with Gasteiger partial charge in [0.05, 0.1) is 0 Å². The predicted octanol–water partition coefficient (Wildman–Crippen LogP) is 2.31. The van der Waals surface area contributed by atoms with Gasteiger partial charge in [0.15, 0.2) is 0 Å². The van der Waals surface area contributed by atoms with Gasteiger partial charge in [0.1, 0.15) is 5.41 Å². The van der Waals surface area contributed by atoms with E-state index in [0.29, 0.717) is 0 Å². The summed E-state index contributed by atoms with van der Waals surface area (Å²) in [6.45, 7) is 0.707. The van der Waals surface area contributed by atoms with E-state index < -0.39 is 11.6 Å². The fraction of sp³-hybridized carbons (Fsp3) is 0.667. The monoisotopic (exact) mass is 192 g/mol. The third-order valence-corrected chi connectivity index (χ3v) is 2.04.